The maximum Gasteiger partial charge on any atom is 0.246 e. The first-order valence-corrected chi connectivity index (χ1v) is 11.3. The molecule has 1 fully saturated rings. The number of carbonyl (C=O) groups is 1. The molecular weight excluding hydrogens is 455 g/mol. The van der Waals surface area contributed by atoms with Crippen molar-refractivity contribution < 1.29 is 14.3 Å². The SMILES string of the molecule is C=CC(=O)N1CCN(c2ncnc3c(F)c(-c4cc(O)cc5ccccc45)c(Cl)cc23)C(C)C1. The normalized spacial score (nSPS) is 16.3. The van der Waals surface area contributed by atoms with Crippen LogP contribution in [-0.4, -0.2) is 51.6 Å². The fourth-order valence-corrected chi connectivity index (χ4v) is 4.99. The van der Waals surface area contributed by atoms with Crippen molar-refractivity contribution in [2.45, 2.75) is 13.0 Å². The molecule has 0 saturated carbocycles. The first kappa shape index (κ1) is 22.1. The number of anilines is 1. The van der Waals surface area contributed by atoms with Crippen LogP contribution in [0.25, 0.3) is 32.8 Å². The molecule has 1 unspecified atom stereocenters. The van der Waals surface area contributed by atoms with Crippen LogP contribution in [0.5, 0.6) is 5.75 Å². The molecule has 4 aromatic rings. The minimum Gasteiger partial charge on any atom is -0.508 e. The molecule has 1 saturated heterocycles. The van der Waals surface area contributed by atoms with Crippen molar-refractivity contribution in [1.29, 1.82) is 0 Å². The van der Waals surface area contributed by atoms with Crippen LogP contribution in [-0.2, 0) is 4.79 Å². The number of nitrogens with zero attached hydrogens (tertiary/aromatic N) is 4. The Morgan fingerprint density at radius 1 is 1.21 bits per heavy atom. The van der Waals surface area contributed by atoms with Crippen molar-refractivity contribution in [2.75, 3.05) is 24.5 Å². The van der Waals surface area contributed by atoms with Crippen molar-refractivity contribution in [1.82, 2.24) is 14.9 Å². The molecule has 2 heterocycles. The molecule has 6 nitrogen and oxygen atoms in total. The van der Waals surface area contributed by atoms with Gasteiger partial charge in [-0.15, -0.1) is 0 Å². The summed E-state index contributed by atoms with van der Waals surface area (Å²) in [7, 11) is 0. The van der Waals surface area contributed by atoms with E-state index in [-0.39, 0.29) is 33.8 Å². The third-order valence-corrected chi connectivity index (χ3v) is 6.60. The molecule has 0 spiro atoms. The summed E-state index contributed by atoms with van der Waals surface area (Å²) >= 11 is 6.67. The van der Waals surface area contributed by atoms with E-state index in [1.54, 1.807) is 17.0 Å². The smallest absolute Gasteiger partial charge is 0.246 e. The molecule has 1 aromatic heterocycles. The van der Waals surface area contributed by atoms with Crippen molar-refractivity contribution in [3.63, 3.8) is 0 Å². The number of phenolic OH excluding ortho intramolecular Hbond substituents is 1. The number of hydrogen-bond donors (Lipinski definition) is 1. The molecule has 1 aliphatic heterocycles. The summed E-state index contributed by atoms with van der Waals surface area (Å²) in [5.74, 6) is -0.101. The lowest BCUT2D eigenvalue weighted by atomic mass is 9.96. The number of aromatic hydroxyl groups is 1. The van der Waals surface area contributed by atoms with Gasteiger partial charge in [0.05, 0.1) is 5.02 Å². The van der Waals surface area contributed by atoms with E-state index in [1.165, 1.54) is 18.5 Å². The summed E-state index contributed by atoms with van der Waals surface area (Å²) < 4.78 is 16.0. The van der Waals surface area contributed by atoms with Gasteiger partial charge in [0.25, 0.3) is 0 Å². The second kappa shape index (κ2) is 8.57. The fraction of sp³-hybridized carbons (Fsp3) is 0.192. The van der Waals surface area contributed by atoms with Crippen molar-refractivity contribution >= 4 is 45.0 Å². The van der Waals surface area contributed by atoms with E-state index in [0.717, 1.165) is 10.8 Å². The van der Waals surface area contributed by atoms with Gasteiger partial charge in [-0.2, -0.15) is 0 Å². The Bertz CT molecular complexity index is 1460. The Hall–Kier alpha value is -3.71. The summed E-state index contributed by atoms with van der Waals surface area (Å²) in [4.78, 5) is 24.5. The van der Waals surface area contributed by atoms with E-state index in [2.05, 4.69) is 16.5 Å². The second-order valence-electron chi connectivity index (χ2n) is 8.39. The molecule has 34 heavy (non-hydrogen) atoms. The fourth-order valence-electron chi connectivity index (χ4n) is 4.70. The van der Waals surface area contributed by atoms with Gasteiger partial charge in [0, 0.05) is 36.6 Å². The Balaban J connectivity index is 1.64. The molecular formula is C26H22ClFN4O2. The largest absolute Gasteiger partial charge is 0.508 e. The zero-order chi connectivity index (χ0) is 24.0. The Kier molecular flexibility index (Phi) is 5.57. The molecule has 172 valence electrons. The van der Waals surface area contributed by atoms with Gasteiger partial charge in [-0.3, -0.25) is 4.79 Å². The number of piperazine rings is 1. The lowest BCUT2D eigenvalue weighted by molar-refractivity contribution is -0.126. The molecule has 1 aliphatic rings. The highest BCUT2D eigenvalue weighted by Crippen LogP contribution is 2.42. The number of hydrogen-bond acceptors (Lipinski definition) is 5. The van der Waals surface area contributed by atoms with Gasteiger partial charge >= 0.3 is 0 Å². The van der Waals surface area contributed by atoms with Gasteiger partial charge in [0.2, 0.25) is 5.91 Å². The van der Waals surface area contributed by atoms with Gasteiger partial charge in [0.1, 0.15) is 23.4 Å². The van der Waals surface area contributed by atoms with E-state index in [1.807, 2.05) is 36.1 Å². The molecule has 0 bridgehead atoms. The van der Waals surface area contributed by atoms with E-state index in [9.17, 15) is 9.90 Å². The van der Waals surface area contributed by atoms with E-state index in [4.69, 9.17) is 11.6 Å². The number of carbonyl (C=O) groups excluding carboxylic acids is 1. The highest BCUT2D eigenvalue weighted by Gasteiger charge is 2.29. The third-order valence-electron chi connectivity index (χ3n) is 6.30. The number of halogens is 2. The number of rotatable bonds is 3. The molecule has 0 radical (unpaired) electrons. The summed E-state index contributed by atoms with van der Waals surface area (Å²) in [5, 5.41) is 12.5. The van der Waals surface area contributed by atoms with E-state index >= 15 is 4.39 Å². The van der Waals surface area contributed by atoms with Crippen LogP contribution in [0.3, 0.4) is 0 Å². The third kappa shape index (κ3) is 3.62. The molecule has 1 atom stereocenters. The Labute approximate surface area is 200 Å². The van der Waals surface area contributed by atoms with Crippen LogP contribution >= 0.6 is 11.6 Å². The maximum absolute atomic E-state index is 16.0. The highest BCUT2D eigenvalue weighted by molar-refractivity contribution is 6.35. The lowest BCUT2D eigenvalue weighted by Crippen LogP contribution is -2.53. The molecule has 5 rings (SSSR count). The van der Waals surface area contributed by atoms with E-state index < -0.39 is 5.82 Å². The van der Waals surface area contributed by atoms with Crippen LogP contribution in [0.15, 0.2) is 61.4 Å². The van der Waals surface area contributed by atoms with Gasteiger partial charge in [-0.1, -0.05) is 42.4 Å². The number of aromatic nitrogens is 2. The van der Waals surface area contributed by atoms with Crippen LogP contribution in [0.4, 0.5) is 10.2 Å². The summed E-state index contributed by atoms with van der Waals surface area (Å²) in [6.45, 7) is 7.08. The zero-order valence-corrected chi connectivity index (χ0v) is 19.3. The average molecular weight is 477 g/mol. The van der Waals surface area contributed by atoms with Crippen molar-refractivity contribution in [3.05, 3.63) is 72.3 Å². The standard InChI is InChI=1S/C26H22ClFN4O2/c1-3-22(34)31-8-9-32(15(2)13-31)26-20-12-21(27)23(24(28)25(20)29-14-30-26)19-11-17(33)10-16-6-4-5-7-18(16)19/h3-7,10-12,14-15,33H,1,8-9,13H2,2H3. The number of amides is 1. The zero-order valence-electron chi connectivity index (χ0n) is 18.5. The maximum atomic E-state index is 16.0. The van der Waals surface area contributed by atoms with Gasteiger partial charge in [-0.05, 0) is 47.5 Å². The van der Waals surface area contributed by atoms with Crippen LogP contribution in [0.2, 0.25) is 5.02 Å². The topological polar surface area (TPSA) is 69.6 Å². The minimum absolute atomic E-state index is 0.0217. The summed E-state index contributed by atoms with van der Waals surface area (Å²) in [5.41, 5.74) is 0.819. The van der Waals surface area contributed by atoms with Crippen LogP contribution in [0, 0.1) is 5.82 Å². The van der Waals surface area contributed by atoms with E-state index in [0.29, 0.717) is 36.4 Å². The molecule has 0 aliphatic carbocycles. The highest BCUT2D eigenvalue weighted by atomic mass is 35.5. The predicted octanol–water partition coefficient (Wildman–Crippen LogP) is 5.17. The number of fused-ring (bicyclic) bond motifs is 2. The molecule has 3 aromatic carbocycles. The first-order valence-electron chi connectivity index (χ1n) is 10.9. The predicted molar refractivity (Wildman–Crippen MR) is 133 cm³/mol. The summed E-state index contributed by atoms with van der Waals surface area (Å²) in [6, 6.07) is 12.2. The average Bonchev–Trinajstić information content (AvgIpc) is 2.83. The van der Waals surface area contributed by atoms with Gasteiger partial charge < -0.3 is 14.9 Å². The summed E-state index contributed by atoms with van der Waals surface area (Å²) in [6.07, 6.45) is 2.65. The van der Waals surface area contributed by atoms with Crippen molar-refractivity contribution in [3.8, 4) is 16.9 Å². The molecule has 8 heteroatoms. The molecule has 1 N–H and O–H groups in total. The lowest BCUT2D eigenvalue weighted by Gasteiger charge is -2.40. The van der Waals surface area contributed by atoms with Gasteiger partial charge in [0.15, 0.2) is 5.82 Å². The van der Waals surface area contributed by atoms with Gasteiger partial charge in [-0.25, -0.2) is 14.4 Å². The second-order valence-corrected chi connectivity index (χ2v) is 8.79. The quantitative estimate of drug-likeness (QED) is 0.413. The number of benzene rings is 3. The Morgan fingerprint density at radius 3 is 2.76 bits per heavy atom. The Morgan fingerprint density at radius 2 is 2.00 bits per heavy atom. The number of phenols is 1. The van der Waals surface area contributed by atoms with Crippen LogP contribution in [0.1, 0.15) is 6.92 Å². The minimum atomic E-state index is -0.574. The first-order chi connectivity index (χ1) is 16.4. The molecule has 1 amide bonds. The van der Waals surface area contributed by atoms with Crippen LogP contribution < -0.4 is 4.90 Å². The van der Waals surface area contributed by atoms with Crippen molar-refractivity contribution in [2.24, 2.45) is 0 Å². The monoisotopic (exact) mass is 476 g/mol.